The number of halogens is 1. The van der Waals surface area contributed by atoms with Crippen molar-refractivity contribution < 1.29 is 0 Å². The second-order valence-electron chi connectivity index (χ2n) is 5.82. The monoisotopic (exact) mass is 267 g/mol. The Hall–Kier alpha value is -0.800. The number of nitrogens with zero attached hydrogens (tertiary/aromatic N) is 2. The molecule has 0 bridgehead atoms. The molecule has 0 radical (unpaired) electrons. The Morgan fingerprint density at radius 1 is 1.33 bits per heavy atom. The average Bonchev–Trinajstić information content (AvgIpc) is 2.34. The fourth-order valence-corrected chi connectivity index (χ4v) is 2.43. The number of rotatable bonds is 3. The standard InChI is InChI=1S/C14H22ClN3/c1-14(2)6-8-18(9-7-14)10-12-11(15)4-5-13(16-3)17-12/h4-5H,6-10H2,1-3H3,(H,16,17). The predicted octanol–water partition coefficient (Wildman–Crippen LogP) is 3.40. The first-order valence-electron chi connectivity index (χ1n) is 6.56. The maximum Gasteiger partial charge on any atom is 0.126 e. The van der Waals surface area contributed by atoms with Gasteiger partial charge in [0.05, 0.1) is 10.7 Å². The molecular weight excluding hydrogens is 246 g/mol. The molecule has 0 aromatic carbocycles. The van der Waals surface area contributed by atoms with Gasteiger partial charge < -0.3 is 5.32 Å². The van der Waals surface area contributed by atoms with Crippen LogP contribution in [0.2, 0.25) is 5.02 Å². The van der Waals surface area contributed by atoms with E-state index in [0.29, 0.717) is 5.41 Å². The van der Waals surface area contributed by atoms with Crippen LogP contribution in [0.5, 0.6) is 0 Å². The van der Waals surface area contributed by atoms with Gasteiger partial charge in [0.2, 0.25) is 0 Å². The lowest BCUT2D eigenvalue weighted by atomic mass is 9.83. The van der Waals surface area contributed by atoms with Crippen molar-refractivity contribution in [3.63, 3.8) is 0 Å². The van der Waals surface area contributed by atoms with Crippen LogP contribution in [-0.2, 0) is 6.54 Å². The predicted molar refractivity (Wildman–Crippen MR) is 77.1 cm³/mol. The van der Waals surface area contributed by atoms with Gasteiger partial charge in [0.1, 0.15) is 5.82 Å². The van der Waals surface area contributed by atoms with Crippen LogP contribution in [0.1, 0.15) is 32.4 Å². The largest absolute Gasteiger partial charge is 0.373 e. The summed E-state index contributed by atoms with van der Waals surface area (Å²) in [6.07, 6.45) is 2.49. The molecule has 1 saturated heterocycles. The number of anilines is 1. The minimum absolute atomic E-state index is 0.487. The Labute approximate surface area is 115 Å². The van der Waals surface area contributed by atoms with Crippen molar-refractivity contribution in [2.24, 2.45) is 5.41 Å². The molecule has 0 unspecified atom stereocenters. The summed E-state index contributed by atoms with van der Waals surface area (Å²) in [4.78, 5) is 6.98. The zero-order chi connectivity index (χ0) is 13.2. The van der Waals surface area contributed by atoms with Gasteiger partial charge in [0.25, 0.3) is 0 Å². The average molecular weight is 268 g/mol. The first-order valence-corrected chi connectivity index (χ1v) is 6.93. The maximum atomic E-state index is 6.21. The fourth-order valence-electron chi connectivity index (χ4n) is 2.26. The van der Waals surface area contributed by atoms with Crippen LogP contribution in [-0.4, -0.2) is 30.0 Å². The number of hydrogen-bond donors (Lipinski definition) is 1. The molecule has 2 rings (SSSR count). The first kappa shape index (κ1) is 13.6. The van der Waals surface area contributed by atoms with Crippen molar-refractivity contribution in [3.8, 4) is 0 Å². The molecule has 1 fully saturated rings. The molecule has 1 aromatic heterocycles. The lowest BCUT2D eigenvalue weighted by molar-refractivity contribution is 0.126. The fraction of sp³-hybridized carbons (Fsp3) is 0.643. The van der Waals surface area contributed by atoms with E-state index in [1.807, 2.05) is 19.2 Å². The van der Waals surface area contributed by atoms with Gasteiger partial charge in [0.15, 0.2) is 0 Å². The van der Waals surface area contributed by atoms with Crippen molar-refractivity contribution in [2.75, 3.05) is 25.5 Å². The highest BCUT2D eigenvalue weighted by atomic mass is 35.5. The highest BCUT2D eigenvalue weighted by molar-refractivity contribution is 6.31. The Balaban J connectivity index is 2.01. The third-order valence-electron chi connectivity index (χ3n) is 3.76. The van der Waals surface area contributed by atoms with E-state index in [2.05, 4.69) is 29.0 Å². The number of hydrogen-bond acceptors (Lipinski definition) is 3. The van der Waals surface area contributed by atoms with E-state index in [4.69, 9.17) is 11.6 Å². The van der Waals surface area contributed by atoms with Crippen LogP contribution in [0.25, 0.3) is 0 Å². The molecule has 1 aliphatic rings. The van der Waals surface area contributed by atoms with E-state index in [0.717, 1.165) is 36.2 Å². The summed E-state index contributed by atoms with van der Waals surface area (Å²) in [5.74, 6) is 0.881. The second kappa shape index (κ2) is 5.45. The number of piperidine rings is 1. The van der Waals surface area contributed by atoms with Gasteiger partial charge in [-0.3, -0.25) is 4.90 Å². The second-order valence-corrected chi connectivity index (χ2v) is 6.22. The first-order chi connectivity index (χ1) is 8.50. The van der Waals surface area contributed by atoms with E-state index in [1.54, 1.807) is 0 Å². The van der Waals surface area contributed by atoms with Crippen molar-refractivity contribution in [3.05, 3.63) is 22.8 Å². The minimum atomic E-state index is 0.487. The molecule has 1 N–H and O–H groups in total. The van der Waals surface area contributed by atoms with E-state index in [1.165, 1.54) is 12.8 Å². The molecule has 3 nitrogen and oxygen atoms in total. The molecule has 0 amide bonds. The van der Waals surface area contributed by atoms with Crippen LogP contribution < -0.4 is 5.32 Å². The summed E-state index contributed by atoms with van der Waals surface area (Å²) in [6.45, 7) is 7.81. The molecule has 100 valence electrons. The summed E-state index contributed by atoms with van der Waals surface area (Å²) < 4.78 is 0. The van der Waals surface area contributed by atoms with Gasteiger partial charge in [-0.2, -0.15) is 0 Å². The SMILES string of the molecule is CNc1ccc(Cl)c(CN2CCC(C)(C)CC2)n1. The van der Waals surface area contributed by atoms with Crippen LogP contribution in [0.15, 0.2) is 12.1 Å². The molecule has 1 aliphatic heterocycles. The highest BCUT2D eigenvalue weighted by Crippen LogP contribution is 2.30. The quantitative estimate of drug-likeness (QED) is 0.910. The Morgan fingerprint density at radius 3 is 2.61 bits per heavy atom. The van der Waals surface area contributed by atoms with Crippen molar-refractivity contribution >= 4 is 17.4 Å². The third kappa shape index (κ3) is 3.36. The van der Waals surface area contributed by atoms with Gasteiger partial charge >= 0.3 is 0 Å². The Bertz CT molecular complexity index is 408. The number of aromatic nitrogens is 1. The zero-order valence-corrected chi connectivity index (χ0v) is 12.2. The Morgan fingerprint density at radius 2 is 2.00 bits per heavy atom. The molecule has 0 aliphatic carbocycles. The molecule has 0 spiro atoms. The number of pyridine rings is 1. The molecule has 18 heavy (non-hydrogen) atoms. The number of likely N-dealkylation sites (tertiary alicyclic amines) is 1. The van der Waals surface area contributed by atoms with Gasteiger partial charge in [-0.25, -0.2) is 4.98 Å². The van der Waals surface area contributed by atoms with Crippen molar-refractivity contribution in [1.29, 1.82) is 0 Å². The third-order valence-corrected chi connectivity index (χ3v) is 4.10. The van der Waals surface area contributed by atoms with Gasteiger partial charge in [0, 0.05) is 13.6 Å². The molecule has 4 heteroatoms. The smallest absolute Gasteiger partial charge is 0.126 e. The lowest BCUT2D eigenvalue weighted by Gasteiger charge is -2.36. The highest BCUT2D eigenvalue weighted by Gasteiger charge is 2.25. The molecular formula is C14H22ClN3. The van der Waals surface area contributed by atoms with Crippen LogP contribution in [0.4, 0.5) is 5.82 Å². The van der Waals surface area contributed by atoms with Gasteiger partial charge in [-0.1, -0.05) is 25.4 Å². The van der Waals surface area contributed by atoms with Crippen LogP contribution in [0.3, 0.4) is 0 Å². The van der Waals surface area contributed by atoms with Gasteiger partial charge in [-0.05, 0) is 43.5 Å². The molecule has 2 heterocycles. The summed E-state index contributed by atoms with van der Waals surface area (Å²) in [5.41, 5.74) is 1.46. The van der Waals surface area contributed by atoms with Crippen molar-refractivity contribution in [1.82, 2.24) is 9.88 Å². The van der Waals surface area contributed by atoms with E-state index < -0.39 is 0 Å². The normalized spacial score (nSPS) is 19.8. The lowest BCUT2D eigenvalue weighted by Crippen LogP contribution is -2.37. The topological polar surface area (TPSA) is 28.2 Å². The van der Waals surface area contributed by atoms with E-state index >= 15 is 0 Å². The molecule has 0 saturated carbocycles. The van der Waals surface area contributed by atoms with Crippen LogP contribution >= 0.6 is 11.6 Å². The van der Waals surface area contributed by atoms with E-state index in [-0.39, 0.29) is 0 Å². The van der Waals surface area contributed by atoms with Gasteiger partial charge in [-0.15, -0.1) is 0 Å². The zero-order valence-electron chi connectivity index (χ0n) is 11.5. The summed E-state index contributed by atoms with van der Waals surface area (Å²) in [5, 5.41) is 3.82. The maximum absolute atomic E-state index is 6.21. The summed E-state index contributed by atoms with van der Waals surface area (Å²) in [6, 6.07) is 3.83. The minimum Gasteiger partial charge on any atom is -0.373 e. The summed E-state index contributed by atoms with van der Waals surface area (Å²) in [7, 11) is 1.88. The summed E-state index contributed by atoms with van der Waals surface area (Å²) >= 11 is 6.21. The number of nitrogens with one attached hydrogen (secondary N) is 1. The Kier molecular flexibility index (Phi) is 4.13. The van der Waals surface area contributed by atoms with Crippen molar-refractivity contribution in [2.45, 2.75) is 33.2 Å². The molecule has 0 atom stereocenters. The molecule has 1 aromatic rings. The van der Waals surface area contributed by atoms with Crippen LogP contribution in [0, 0.1) is 5.41 Å². The van der Waals surface area contributed by atoms with E-state index in [9.17, 15) is 0 Å².